The lowest BCUT2D eigenvalue weighted by Crippen LogP contribution is -2.36. The molecule has 1 saturated carbocycles. The first-order valence-electron chi connectivity index (χ1n) is 9.82. The zero-order chi connectivity index (χ0) is 20.6. The maximum atomic E-state index is 11.2. The van der Waals surface area contributed by atoms with E-state index < -0.39 is 5.97 Å². The van der Waals surface area contributed by atoms with Crippen molar-refractivity contribution in [1.29, 1.82) is 5.41 Å². The van der Waals surface area contributed by atoms with Crippen LogP contribution in [-0.2, 0) is 4.79 Å². The minimum atomic E-state index is -0.743. The molecular formula is C21H25N5O3. The Balaban J connectivity index is 1.53. The van der Waals surface area contributed by atoms with E-state index in [0.717, 1.165) is 12.8 Å². The summed E-state index contributed by atoms with van der Waals surface area (Å²) in [5, 5.41) is 17.8. The molecule has 8 heteroatoms. The first-order chi connectivity index (χ1) is 13.8. The van der Waals surface area contributed by atoms with Crippen molar-refractivity contribution in [3.05, 3.63) is 41.9 Å². The highest BCUT2D eigenvalue weighted by molar-refractivity contribution is 6.13. The Bertz CT molecular complexity index is 949. The largest absolute Gasteiger partial charge is 0.488 e. The van der Waals surface area contributed by atoms with Gasteiger partial charge in [-0.3, -0.25) is 10.2 Å². The Morgan fingerprint density at radius 2 is 2.00 bits per heavy atom. The molecule has 29 heavy (non-hydrogen) atoms. The van der Waals surface area contributed by atoms with Crippen molar-refractivity contribution in [3.8, 4) is 5.75 Å². The number of rotatable bonds is 6. The lowest BCUT2D eigenvalue weighted by atomic mass is 9.97. The normalized spacial score (nSPS) is 18.3. The van der Waals surface area contributed by atoms with Gasteiger partial charge in [-0.25, -0.2) is 9.97 Å². The zero-order valence-electron chi connectivity index (χ0n) is 16.4. The zero-order valence-corrected chi connectivity index (χ0v) is 16.4. The van der Waals surface area contributed by atoms with Gasteiger partial charge in [-0.2, -0.15) is 0 Å². The molecule has 152 valence electrons. The van der Waals surface area contributed by atoms with E-state index in [-0.39, 0.29) is 17.2 Å². The predicted molar refractivity (Wildman–Crippen MR) is 110 cm³/mol. The van der Waals surface area contributed by atoms with Crippen molar-refractivity contribution in [2.24, 2.45) is 5.92 Å². The molecule has 2 aromatic rings. The summed E-state index contributed by atoms with van der Waals surface area (Å²) in [6, 6.07) is 7.14. The summed E-state index contributed by atoms with van der Waals surface area (Å²) in [5.41, 5.74) is 7.75. The van der Waals surface area contributed by atoms with Gasteiger partial charge in [-0.1, -0.05) is 0 Å². The molecule has 2 heterocycles. The first kappa shape index (κ1) is 19.2. The van der Waals surface area contributed by atoms with Gasteiger partial charge in [0, 0.05) is 30.4 Å². The highest BCUT2D eigenvalue weighted by atomic mass is 16.5. The second-order valence-corrected chi connectivity index (χ2v) is 8.04. The van der Waals surface area contributed by atoms with Crippen molar-refractivity contribution >= 4 is 23.2 Å². The molecule has 0 bridgehead atoms. The maximum absolute atomic E-state index is 11.2. The van der Waals surface area contributed by atoms with Crippen LogP contribution in [0.3, 0.4) is 0 Å². The molecule has 0 unspecified atom stereocenters. The van der Waals surface area contributed by atoms with Crippen LogP contribution < -0.4 is 15.4 Å². The number of anilines is 2. The van der Waals surface area contributed by atoms with Crippen LogP contribution in [0.4, 0.5) is 11.5 Å². The fraction of sp³-hybridized carbons (Fsp3) is 0.429. The molecule has 1 aliphatic heterocycles. The van der Waals surface area contributed by atoms with Crippen LogP contribution in [-0.4, -0.2) is 45.4 Å². The average Bonchev–Trinajstić information content (AvgIpc) is 3.45. The second-order valence-electron chi connectivity index (χ2n) is 8.04. The third-order valence-corrected chi connectivity index (χ3v) is 5.69. The fourth-order valence-corrected chi connectivity index (χ4v) is 3.53. The number of hydrogen-bond acceptors (Lipinski definition) is 7. The number of benzene rings is 1. The summed E-state index contributed by atoms with van der Waals surface area (Å²) in [7, 11) is 0. The van der Waals surface area contributed by atoms with Gasteiger partial charge in [0.1, 0.15) is 23.5 Å². The minimum Gasteiger partial charge on any atom is -0.488 e. The van der Waals surface area contributed by atoms with E-state index in [4.69, 9.17) is 21.0 Å². The number of ether oxygens (including phenoxy) is 1. The summed E-state index contributed by atoms with van der Waals surface area (Å²) in [4.78, 5) is 21.8. The molecule has 0 atom stereocenters. The lowest BCUT2D eigenvalue weighted by Gasteiger charge is -2.31. The number of aromatic nitrogens is 2. The molecule has 1 aliphatic carbocycles. The number of hydrogen-bond donors (Lipinski definition) is 3. The summed E-state index contributed by atoms with van der Waals surface area (Å²) in [6.07, 6.45) is 4.65. The van der Waals surface area contributed by atoms with E-state index in [2.05, 4.69) is 16.9 Å². The highest BCUT2D eigenvalue weighted by Crippen LogP contribution is 2.40. The number of carboxylic acid groups (broad SMARTS) is 1. The van der Waals surface area contributed by atoms with Gasteiger partial charge >= 0.3 is 5.97 Å². The van der Waals surface area contributed by atoms with E-state index in [9.17, 15) is 4.79 Å². The number of carboxylic acids is 1. The van der Waals surface area contributed by atoms with E-state index in [1.807, 2.05) is 11.0 Å². The van der Waals surface area contributed by atoms with Gasteiger partial charge in [-0.15, -0.1) is 0 Å². The number of nitrogens with two attached hydrogens (primary N) is 1. The maximum Gasteiger partial charge on any atom is 0.306 e. The van der Waals surface area contributed by atoms with Crippen LogP contribution in [0.15, 0.2) is 30.6 Å². The molecule has 2 aliphatic rings. The van der Waals surface area contributed by atoms with Crippen molar-refractivity contribution in [2.45, 2.75) is 38.2 Å². The van der Waals surface area contributed by atoms with E-state index >= 15 is 0 Å². The quantitative estimate of drug-likeness (QED) is 0.507. The van der Waals surface area contributed by atoms with Crippen molar-refractivity contribution < 1.29 is 14.6 Å². The van der Waals surface area contributed by atoms with Gasteiger partial charge < -0.3 is 20.5 Å². The molecule has 0 amide bonds. The van der Waals surface area contributed by atoms with Crippen LogP contribution in [0.1, 0.15) is 43.9 Å². The number of aliphatic carboxylic acids is 1. The summed E-state index contributed by atoms with van der Waals surface area (Å²) in [6.45, 7) is 3.30. The van der Waals surface area contributed by atoms with Crippen LogP contribution in [0.25, 0.3) is 0 Å². The Labute approximate surface area is 169 Å². The molecule has 1 saturated heterocycles. The van der Waals surface area contributed by atoms with E-state index in [0.29, 0.717) is 54.4 Å². The molecule has 2 fully saturated rings. The van der Waals surface area contributed by atoms with Gasteiger partial charge in [0.05, 0.1) is 17.3 Å². The highest BCUT2D eigenvalue weighted by Gasteiger charge is 2.40. The Morgan fingerprint density at radius 3 is 2.66 bits per heavy atom. The van der Waals surface area contributed by atoms with Gasteiger partial charge in [0.15, 0.2) is 0 Å². The molecule has 1 aromatic carbocycles. The number of nitrogens with zero attached hydrogens (tertiary/aromatic N) is 3. The molecule has 1 aromatic heterocycles. The Hall–Kier alpha value is -3.16. The average molecular weight is 395 g/mol. The number of carbonyl (C=O) groups is 1. The van der Waals surface area contributed by atoms with Crippen molar-refractivity contribution in [2.75, 3.05) is 23.7 Å². The Morgan fingerprint density at radius 1 is 1.28 bits per heavy atom. The first-order valence-corrected chi connectivity index (χ1v) is 9.82. The smallest absolute Gasteiger partial charge is 0.306 e. The molecule has 0 spiro atoms. The van der Waals surface area contributed by atoms with E-state index in [1.165, 1.54) is 6.33 Å². The fourth-order valence-electron chi connectivity index (χ4n) is 3.53. The van der Waals surface area contributed by atoms with Gasteiger partial charge in [0.2, 0.25) is 0 Å². The number of nitrogen functional groups attached to an aromatic ring is 1. The monoisotopic (exact) mass is 395 g/mol. The third kappa shape index (κ3) is 4.16. The molecule has 8 nitrogen and oxygen atoms in total. The number of piperidine rings is 1. The summed E-state index contributed by atoms with van der Waals surface area (Å²) < 4.78 is 6.00. The lowest BCUT2D eigenvalue weighted by molar-refractivity contribution is -0.142. The Kier molecular flexibility index (Phi) is 4.86. The summed E-state index contributed by atoms with van der Waals surface area (Å²) in [5.74, 6) is 0.346. The summed E-state index contributed by atoms with van der Waals surface area (Å²) >= 11 is 0. The topological polar surface area (TPSA) is 125 Å². The molecule has 4 rings (SSSR count). The minimum absolute atomic E-state index is 0.111. The molecular weight excluding hydrogens is 370 g/mol. The third-order valence-electron chi connectivity index (χ3n) is 5.69. The van der Waals surface area contributed by atoms with Crippen molar-refractivity contribution in [1.82, 2.24) is 9.97 Å². The molecule has 0 radical (unpaired) electrons. The van der Waals surface area contributed by atoms with Crippen LogP contribution >= 0.6 is 0 Å². The SMILES string of the molecule is CC1(Oc2ccc(N)c(C(=N)c3cc(N4CCC(C(=O)O)CC4)ncn3)c2)CC1. The van der Waals surface area contributed by atoms with Gasteiger partial charge in [-0.05, 0) is 50.8 Å². The predicted octanol–water partition coefficient (Wildman–Crippen LogP) is 2.71. The van der Waals surface area contributed by atoms with Crippen LogP contribution in [0.2, 0.25) is 0 Å². The van der Waals surface area contributed by atoms with Crippen LogP contribution in [0, 0.1) is 11.3 Å². The van der Waals surface area contributed by atoms with Crippen molar-refractivity contribution in [3.63, 3.8) is 0 Å². The van der Waals surface area contributed by atoms with Gasteiger partial charge in [0.25, 0.3) is 0 Å². The van der Waals surface area contributed by atoms with E-state index in [1.54, 1.807) is 18.2 Å². The molecule has 4 N–H and O–H groups in total. The standard InChI is InChI=1S/C21H25N5O3/c1-21(6-7-21)29-14-2-3-16(22)15(10-14)19(23)17-11-18(25-12-24-17)26-8-4-13(5-9-26)20(27)28/h2-3,10-13,23H,4-9,22H2,1H3,(H,27,28). The van der Waals surface area contributed by atoms with Crippen LogP contribution in [0.5, 0.6) is 5.75 Å². The number of nitrogens with one attached hydrogen (secondary N) is 1. The second kappa shape index (κ2) is 7.35.